The van der Waals surface area contributed by atoms with Crippen LogP contribution in [-0.2, 0) is 6.42 Å². The molecule has 0 fully saturated rings. The molecule has 106 valence electrons. The van der Waals surface area contributed by atoms with Crippen molar-refractivity contribution < 1.29 is 4.74 Å². The quantitative estimate of drug-likeness (QED) is 0.866. The van der Waals surface area contributed by atoms with Crippen LogP contribution in [0.2, 0.25) is 5.02 Å². The number of benzene rings is 2. The van der Waals surface area contributed by atoms with E-state index in [1.54, 1.807) is 7.11 Å². The van der Waals surface area contributed by atoms with Crippen LogP contribution >= 0.6 is 27.5 Å². The highest BCUT2D eigenvalue weighted by atomic mass is 79.9. The monoisotopic (exact) mass is 353 g/mol. The van der Waals surface area contributed by atoms with Gasteiger partial charge in [0, 0.05) is 21.1 Å². The Kier molecular flexibility index (Phi) is 5.08. The van der Waals surface area contributed by atoms with Gasteiger partial charge in [0.15, 0.2) is 0 Å². The highest BCUT2D eigenvalue weighted by Crippen LogP contribution is 2.30. The van der Waals surface area contributed by atoms with Crippen LogP contribution in [0.1, 0.15) is 22.7 Å². The summed E-state index contributed by atoms with van der Waals surface area (Å²) in [5.41, 5.74) is 9.49. The number of rotatable bonds is 4. The van der Waals surface area contributed by atoms with Gasteiger partial charge in [-0.1, -0.05) is 45.7 Å². The molecule has 2 rings (SSSR count). The molecule has 1 atom stereocenters. The first-order chi connectivity index (χ1) is 9.51. The lowest BCUT2D eigenvalue weighted by molar-refractivity contribution is 0.405. The van der Waals surface area contributed by atoms with Crippen molar-refractivity contribution in [3.63, 3.8) is 0 Å². The fourth-order valence-corrected chi connectivity index (χ4v) is 2.91. The Hall–Kier alpha value is -1.03. The number of hydrogen-bond acceptors (Lipinski definition) is 2. The van der Waals surface area contributed by atoms with E-state index < -0.39 is 0 Å². The first-order valence-electron chi connectivity index (χ1n) is 6.35. The Morgan fingerprint density at radius 3 is 2.65 bits per heavy atom. The van der Waals surface area contributed by atoms with E-state index in [1.807, 2.05) is 43.3 Å². The lowest BCUT2D eigenvalue weighted by Crippen LogP contribution is -2.14. The Labute approximate surface area is 133 Å². The summed E-state index contributed by atoms with van der Waals surface area (Å²) in [6.07, 6.45) is 0.672. The first kappa shape index (κ1) is 15.4. The van der Waals surface area contributed by atoms with Crippen molar-refractivity contribution in [1.82, 2.24) is 0 Å². The van der Waals surface area contributed by atoms with Crippen molar-refractivity contribution in [2.24, 2.45) is 5.73 Å². The van der Waals surface area contributed by atoms with Crippen molar-refractivity contribution in [3.05, 3.63) is 62.6 Å². The SMILES string of the molecule is COc1cc(C)ccc1C(N)Cc1ccc(Br)cc1Cl. The standard InChI is InChI=1S/C16H17BrClNO/c1-10-3-6-13(16(7-10)20-2)15(19)8-11-4-5-12(17)9-14(11)18/h3-7,9,15H,8,19H2,1-2H3. The van der Waals surface area contributed by atoms with Crippen molar-refractivity contribution in [3.8, 4) is 5.75 Å². The van der Waals surface area contributed by atoms with Crippen molar-refractivity contribution >= 4 is 27.5 Å². The predicted molar refractivity (Wildman–Crippen MR) is 87.5 cm³/mol. The topological polar surface area (TPSA) is 35.2 Å². The minimum absolute atomic E-state index is 0.149. The van der Waals surface area contributed by atoms with Gasteiger partial charge >= 0.3 is 0 Å². The largest absolute Gasteiger partial charge is 0.496 e. The van der Waals surface area contributed by atoms with E-state index in [9.17, 15) is 0 Å². The molecule has 0 aliphatic carbocycles. The smallest absolute Gasteiger partial charge is 0.123 e. The number of methoxy groups -OCH3 is 1. The summed E-state index contributed by atoms with van der Waals surface area (Å²) in [6, 6.07) is 11.8. The molecule has 0 heterocycles. The molecule has 2 nitrogen and oxygen atoms in total. The summed E-state index contributed by atoms with van der Waals surface area (Å²) in [7, 11) is 1.66. The molecule has 1 unspecified atom stereocenters. The zero-order valence-corrected chi connectivity index (χ0v) is 13.8. The van der Waals surface area contributed by atoms with E-state index in [0.29, 0.717) is 6.42 Å². The molecule has 0 radical (unpaired) electrons. The van der Waals surface area contributed by atoms with E-state index in [0.717, 1.165) is 31.9 Å². The van der Waals surface area contributed by atoms with Gasteiger partial charge in [-0.05, 0) is 42.7 Å². The molecule has 4 heteroatoms. The summed E-state index contributed by atoms with van der Waals surface area (Å²) in [4.78, 5) is 0. The van der Waals surface area contributed by atoms with E-state index in [1.165, 1.54) is 0 Å². The zero-order valence-electron chi connectivity index (χ0n) is 11.5. The summed E-state index contributed by atoms with van der Waals surface area (Å²) >= 11 is 9.65. The molecule has 0 aliphatic rings. The van der Waals surface area contributed by atoms with Gasteiger partial charge in [-0.25, -0.2) is 0 Å². The molecule has 0 aliphatic heterocycles. The fourth-order valence-electron chi connectivity index (χ4n) is 2.16. The average molecular weight is 355 g/mol. The van der Waals surface area contributed by atoms with Gasteiger partial charge in [0.2, 0.25) is 0 Å². The molecule has 2 aromatic carbocycles. The molecule has 20 heavy (non-hydrogen) atoms. The molecule has 0 saturated carbocycles. The lowest BCUT2D eigenvalue weighted by atomic mass is 9.98. The molecule has 0 spiro atoms. The zero-order chi connectivity index (χ0) is 14.7. The minimum Gasteiger partial charge on any atom is -0.496 e. The number of nitrogens with two attached hydrogens (primary N) is 1. The van der Waals surface area contributed by atoms with Crippen LogP contribution in [0.4, 0.5) is 0 Å². The number of halogens is 2. The third kappa shape index (κ3) is 3.54. The second kappa shape index (κ2) is 6.61. The van der Waals surface area contributed by atoms with Gasteiger partial charge in [-0.15, -0.1) is 0 Å². The third-order valence-electron chi connectivity index (χ3n) is 3.24. The van der Waals surface area contributed by atoms with E-state index in [4.69, 9.17) is 22.1 Å². The van der Waals surface area contributed by atoms with Crippen molar-refractivity contribution in [1.29, 1.82) is 0 Å². The average Bonchev–Trinajstić information content (AvgIpc) is 2.41. The van der Waals surface area contributed by atoms with Gasteiger partial charge in [0.05, 0.1) is 7.11 Å². The maximum absolute atomic E-state index is 6.31. The van der Waals surface area contributed by atoms with E-state index in [-0.39, 0.29) is 6.04 Å². The van der Waals surface area contributed by atoms with Crippen molar-refractivity contribution in [2.75, 3.05) is 7.11 Å². The first-order valence-corrected chi connectivity index (χ1v) is 7.52. The lowest BCUT2D eigenvalue weighted by Gasteiger charge is -2.17. The van der Waals surface area contributed by atoms with Crippen LogP contribution < -0.4 is 10.5 Å². The summed E-state index contributed by atoms with van der Waals surface area (Å²) < 4.78 is 6.38. The second-order valence-corrected chi connectivity index (χ2v) is 6.11. The van der Waals surface area contributed by atoms with Gasteiger partial charge in [-0.2, -0.15) is 0 Å². The molecule has 0 bridgehead atoms. The van der Waals surface area contributed by atoms with Crippen LogP contribution in [0.15, 0.2) is 40.9 Å². The van der Waals surface area contributed by atoms with Crippen LogP contribution in [0.5, 0.6) is 5.75 Å². The molecular weight excluding hydrogens is 338 g/mol. The Morgan fingerprint density at radius 2 is 2.00 bits per heavy atom. The summed E-state index contributed by atoms with van der Waals surface area (Å²) in [5.74, 6) is 0.825. The predicted octanol–water partition coefficient (Wildman–Crippen LogP) is 4.66. The van der Waals surface area contributed by atoms with Gasteiger partial charge in [0.1, 0.15) is 5.75 Å². The van der Waals surface area contributed by atoms with Crippen LogP contribution in [0.3, 0.4) is 0 Å². The molecular formula is C16H17BrClNO. The Balaban J connectivity index is 2.25. The highest BCUT2D eigenvalue weighted by Gasteiger charge is 2.14. The Morgan fingerprint density at radius 1 is 1.25 bits per heavy atom. The molecule has 2 aromatic rings. The number of ether oxygens (including phenoxy) is 1. The number of aryl methyl sites for hydroxylation is 1. The summed E-state index contributed by atoms with van der Waals surface area (Å²) in [6.45, 7) is 2.03. The van der Waals surface area contributed by atoms with Crippen LogP contribution in [0.25, 0.3) is 0 Å². The van der Waals surface area contributed by atoms with Gasteiger partial charge in [0.25, 0.3) is 0 Å². The molecule has 0 aromatic heterocycles. The van der Waals surface area contributed by atoms with Crippen LogP contribution in [0, 0.1) is 6.92 Å². The van der Waals surface area contributed by atoms with E-state index in [2.05, 4.69) is 15.9 Å². The highest BCUT2D eigenvalue weighted by molar-refractivity contribution is 9.10. The molecule has 2 N–H and O–H groups in total. The maximum Gasteiger partial charge on any atom is 0.123 e. The number of hydrogen-bond donors (Lipinski definition) is 1. The Bertz CT molecular complexity index is 615. The second-order valence-electron chi connectivity index (χ2n) is 4.79. The van der Waals surface area contributed by atoms with E-state index >= 15 is 0 Å². The van der Waals surface area contributed by atoms with Gasteiger partial charge in [-0.3, -0.25) is 0 Å². The minimum atomic E-state index is -0.149. The third-order valence-corrected chi connectivity index (χ3v) is 4.09. The van der Waals surface area contributed by atoms with Crippen molar-refractivity contribution in [2.45, 2.75) is 19.4 Å². The molecule has 0 amide bonds. The fraction of sp³-hybridized carbons (Fsp3) is 0.250. The van der Waals surface area contributed by atoms with Crippen LogP contribution in [-0.4, -0.2) is 7.11 Å². The summed E-state index contributed by atoms with van der Waals surface area (Å²) in [5, 5.41) is 0.723. The normalized spacial score (nSPS) is 12.2. The molecule has 0 saturated heterocycles. The van der Waals surface area contributed by atoms with Gasteiger partial charge < -0.3 is 10.5 Å². The maximum atomic E-state index is 6.31.